The number of aromatic nitrogens is 1. The molecule has 1 aromatic heterocycles. The van der Waals surface area contributed by atoms with Crippen LogP contribution in [0.15, 0.2) is 57.9 Å². The van der Waals surface area contributed by atoms with E-state index in [1.807, 2.05) is 0 Å². The van der Waals surface area contributed by atoms with Gasteiger partial charge < -0.3 is 14.4 Å². The number of carboxylic acids is 1. The van der Waals surface area contributed by atoms with Gasteiger partial charge in [-0.05, 0) is 43.7 Å². The fraction of sp³-hybridized carbons (Fsp3) is 0.200. The van der Waals surface area contributed by atoms with E-state index in [1.165, 1.54) is 12.1 Å². The molecule has 0 amide bonds. The number of carbonyl (C=O) groups is 1. The average molecular weight is 414 g/mol. The van der Waals surface area contributed by atoms with Gasteiger partial charge in [-0.2, -0.15) is 0 Å². The molecule has 0 radical (unpaired) electrons. The van der Waals surface area contributed by atoms with E-state index in [2.05, 4.69) is 5.16 Å². The van der Waals surface area contributed by atoms with Gasteiger partial charge in [0.25, 0.3) is 10.0 Å². The molecule has 3 aromatic rings. The molecular weight excluding hydrogens is 396 g/mol. The highest BCUT2D eigenvalue weighted by Crippen LogP contribution is 2.41. The Hall–Kier alpha value is -3.33. The van der Waals surface area contributed by atoms with Gasteiger partial charge in [-0.25, -0.2) is 13.2 Å². The van der Waals surface area contributed by atoms with Crippen molar-refractivity contribution in [3.63, 3.8) is 0 Å². The maximum absolute atomic E-state index is 13.3. The number of benzene rings is 2. The highest BCUT2D eigenvalue weighted by atomic mass is 32.2. The number of fused-ring (bicyclic) bond motifs is 1. The maximum Gasteiger partial charge on any atom is 0.346 e. The summed E-state index contributed by atoms with van der Waals surface area (Å²) in [6.45, 7) is 3.22. The highest BCUT2D eigenvalue weighted by Gasteiger charge is 2.38. The number of carboxylic acid groups (broad SMARTS) is 1. The quantitative estimate of drug-likeness (QED) is 0.699. The van der Waals surface area contributed by atoms with Gasteiger partial charge in [0.15, 0.2) is 0 Å². The van der Waals surface area contributed by atoms with Crippen molar-refractivity contribution in [3.8, 4) is 16.9 Å². The second kappa shape index (κ2) is 6.93. The largest absolute Gasteiger partial charge is 0.478 e. The fourth-order valence-corrected chi connectivity index (χ4v) is 4.87. The summed E-state index contributed by atoms with van der Waals surface area (Å²) in [6, 6.07) is 12.8. The molecule has 1 unspecified atom stereocenters. The number of aliphatic carboxylic acids is 1. The van der Waals surface area contributed by atoms with Crippen LogP contribution in [0.1, 0.15) is 11.5 Å². The predicted molar refractivity (Wildman–Crippen MR) is 104 cm³/mol. The van der Waals surface area contributed by atoms with Gasteiger partial charge in [-0.1, -0.05) is 29.4 Å². The molecule has 1 aliphatic rings. The standard InChI is InChI=1S/C20H18N2O6S/c1-12-19(13(2)28-21-12)14-8-9-17-16(10-14)22(11-18(27-17)20(23)24)29(25,26)15-6-4-3-5-7-15/h3-10,18H,11H2,1-2H3,(H,23,24). The Kier molecular flexibility index (Phi) is 4.54. The predicted octanol–water partition coefficient (Wildman–Crippen LogP) is 3.00. The Morgan fingerprint density at radius 2 is 1.90 bits per heavy atom. The van der Waals surface area contributed by atoms with Crippen molar-refractivity contribution in [1.29, 1.82) is 0 Å². The number of hydrogen-bond donors (Lipinski definition) is 1. The third-order valence-electron chi connectivity index (χ3n) is 4.76. The van der Waals surface area contributed by atoms with Crippen molar-refractivity contribution >= 4 is 21.7 Å². The molecule has 0 spiro atoms. The van der Waals surface area contributed by atoms with Crippen LogP contribution in [0.3, 0.4) is 0 Å². The van der Waals surface area contributed by atoms with Gasteiger partial charge in [-0.3, -0.25) is 4.31 Å². The molecule has 0 bridgehead atoms. The van der Waals surface area contributed by atoms with Gasteiger partial charge in [0, 0.05) is 5.56 Å². The number of anilines is 1. The molecule has 29 heavy (non-hydrogen) atoms. The summed E-state index contributed by atoms with van der Waals surface area (Å²) in [4.78, 5) is 11.6. The van der Waals surface area contributed by atoms with Crippen LogP contribution >= 0.6 is 0 Å². The van der Waals surface area contributed by atoms with E-state index in [4.69, 9.17) is 9.26 Å². The lowest BCUT2D eigenvalue weighted by molar-refractivity contribution is -0.144. The second-order valence-corrected chi connectivity index (χ2v) is 8.54. The summed E-state index contributed by atoms with van der Waals surface area (Å²) in [5.74, 6) is -0.461. The summed E-state index contributed by atoms with van der Waals surface area (Å²) in [6.07, 6.45) is -1.31. The van der Waals surface area contributed by atoms with E-state index in [9.17, 15) is 18.3 Å². The molecular formula is C20H18N2O6S. The molecule has 150 valence electrons. The highest BCUT2D eigenvalue weighted by molar-refractivity contribution is 7.92. The molecule has 1 aliphatic heterocycles. The first-order chi connectivity index (χ1) is 13.8. The Morgan fingerprint density at radius 1 is 1.17 bits per heavy atom. The van der Waals surface area contributed by atoms with E-state index in [1.54, 1.807) is 50.2 Å². The van der Waals surface area contributed by atoms with Gasteiger partial charge in [0.1, 0.15) is 11.5 Å². The number of ether oxygens (including phenoxy) is 1. The molecule has 0 saturated carbocycles. The molecule has 1 N–H and O–H groups in total. The number of sulfonamides is 1. The summed E-state index contributed by atoms with van der Waals surface area (Å²) in [5.41, 5.74) is 2.39. The second-order valence-electron chi connectivity index (χ2n) is 6.68. The zero-order valence-electron chi connectivity index (χ0n) is 15.7. The monoisotopic (exact) mass is 414 g/mol. The van der Waals surface area contributed by atoms with Gasteiger partial charge in [0.05, 0.1) is 22.8 Å². The van der Waals surface area contributed by atoms with Crippen LogP contribution in [0.2, 0.25) is 0 Å². The zero-order valence-corrected chi connectivity index (χ0v) is 16.5. The number of aryl methyl sites for hydroxylation is 2. The van der Waals surface area contributed by atoms with Crippen LogP contribution < -0.4 is 9.04 Å². The smallest absolute Gasteiger partial charge is 0.346 e. The minimum atomic E-state index is -4.00. The van der Waals surface area contributed by atoms with Crippen molar-refractivity contribution in [2.45, 2.75) is 24.8 Å². The molecule has 1 atom stereocenters. The van der Waals surface area contributed by atoms with E-state index in [0.29, 0.717) is 17.0 Å². The van der Waals surface area contributed by atoms with Crippen molar-refractivity contribution in [2.24, 2.45) is 0 Å². The Labute approximate surface area is 167 Å². The number of nitrogens with zero attached hydrogens (tertiary/aromatic N) is 2. The SMILES string of the molecule is Cc1noc(C)c1-c1ccc2c(c1)N(S(=O)(=O)c1ccccc1)CC(C(=O)O)O2. The fourth-order valence-electron chi connectivity index (χ4n) is 3.38. The minimum Gasteiger partial charge on any atom is -0.478 e. The minimum absolute atomic E-state index is 0.0692. The molecule has 2 heterocycles. The van der Waals surface area contributed by atoms with E-state index in [0.717, 1.165) is 9.87 Å². The van der Waals surface area contributed by atoms with Crippen molar-refractivity contribution < 1.29 is 27.6 Å². The van der Waals surface area contributed by atoms with Gasteiger partial charge >= 0.3 is 5.97 Å². The Morgan fingerprint density at radius 3 is 2.52 bits per heavy atom. The molecule has 4 rings (SSSR count). The van der Waals surface area contributed by atoms with E-state index < -0.39 is 22.1 Å². The van der Waals surface area contributed by atoms with E-state index in [-0.39, 0.29) is 22.9 Å². The van der Waals surface area contributed by atoms with E-state index >= 15 is 0 Å². The van der Waals surface area contributed by atoms with Crippen LogP contribution in [-0.2, 0) is 14.8 Å². The third-order valence-corrected chi connectivity index (χ3v) is 6.55. The number of rotatable bonds is 4. The lowest BCUT2D eigenvalue weighted by Gasteiger charge is -2.34. The summed E-state index contributed by atoms with van der Waals surface area (Å²) >= 11 is 0. The van der Waals surface area contributed by atoms with Crippen LogP contribution in [0.5, 0.6) is 5.75 Å². The maximum atomic E-state index is 13.3. The van der Waals surface area contributed by atoms with Crippen LogP contribution in [0.25, 0.3) is 11.1 Å². The molecule has 2 aromatic carbocycles. The number of hydrogen-bond acceptors (Lipinski definition) is 6. The van der Waals surface area contributed by atoms with Crippen LogP contribution in [-0.4, -0.2) is 37.3 Å². The molecule has 9 heteroatoms. The molecule has 0 saturated heterocycles. The Balaban J connectivity index is 1.89. The summed E-state index contributed by atoms with van der Waals surface area (Å²) < 4.78 is 38.4. The molecule has 0 aliphatic carbocycles. The third kappa shape index (κ3) is 3.23. The first-order valence-electron chi connectivity index (χ1n) is 8.83. The van der Waals surface area contributed by atoms with Gasteiger partial charge in [-0.15, -0.1) is 0 Å². The lowest BCUT2D eigenvalue weighted by atomic mass is 10.0. The average Bonchev–Trinajstić information content (AvgIpc) is 3.05. The first kappa shape index (κ1) is 19.0. The molecule has 0 fully saturated rings. The van der Waals surface area contributed by atoms with Crippen LogP contribution in [0, 0.1) is 13.8 Å². The molecule has 8 nitrogen and oxygen atoms in total. The van der Waals surface area contributed by atoms with Gasteiger partial charge in [0.2, 0.25) is 6.10 Å². The lowest BCUT2D eigenvalue weighted by Crippen LogP contribution is -2.47. The van der Waals surface area contributed by atoms with Crippen molar-refractivity contribution in [2.75, 3.05) is 10.8 Å². The van der Waals surface area contributed by atoms with Crippen LogP contribution in [0.4, 0.5) is 5.69 Å². The Bertz CT molecular complexity index is 1170. The zero-order chi connectivity index (χ0) is 20.8. The topological polar surface area (TPSA) is 110 Å². The summed E-state index contributed by atoms with van der Waals surface area (Å²) in [7, 11) is -4.00. The van der Waals surface area contributed by atoms with Crippen molar-refractivity contribution in [1.82, 2.24) is 5.16 Å². The normalized spacial score (nSPS) is 16.2. The van der Waals surface area contributed by atoms with Crippen molar-refractivity contribution in [3.05, 3.63) is 60.0 Å². The first-order valence-corrected chi connectivity index (χ1v) is 10.3. The summed E-state index contributed by atoms with van der Waals surface area (Å²) in [5, 5.41) is 13.4.